The number of rotatable bonds is 3. The average molecular weight is 298 g/mol. The van der Waals surface area contributed by atoms with Crippen molar-refractivity contribution in [1.29, 1.82) is 0 Å². The van der Waals surface area contributed by atoms with Crippen molar-refractivity contribution in [2.24, 2.45) is 11.3 Å². The van der Waals surface area contributed by atoms with Gasteiger partial charge in [0.05, 0.1) is 7.11 Å². The molecule has 0 radical (unpaired) electrons. The summed E-state index contributed by atoms with van der Waals surface area (Å²) in [7, 11) is 1.54. The van der Waals surface area contributed by atoms with E-state index >= 15 is 0 Å². The zero-order valence-corrected chi connectivity index (χ0v) is 13.5. The first-order valence-corrected chi connectivity index (χ1v) is 7.47. The summed E-state index contributed by atoms with van der Waals surface area (Å²) in [6.07, 6.45) is 1.21. The van der Waals surface area contributed by atoms with Crippen molar-refractivity contribution in [3.63, 3.8) is 0 Å². The molecule has 0 saturated carbocycles. The molecule has 20 heavy (non-hydrogen) atoms. The SMILES string of the molecule is COc1cc(Cl)cc(CN2CCC(C(C)(C)C)C2)c1O. The number of phenolic OH excluding ortho intramolecular Hbond substituents is 1. The molecule has 1 unspecified atom stereocenters. The smallest absolute Gasteiger partial charge is 0.162 e. The molecule has 1 aromatic rings. The number of methoxy groups -OCH3 is 1. The largest absolute Gasteiger partial charge is 0.504 e. The van der Waals surface area contributed by atoms with Crippen LogP contribution in [0.15, 0.2) is 12.1 Å². The van der Waals surface area contributed by atoms with Crippen LogP contribution in [0, 0.1) is 11.3 Å². The van der Waals surface area contributed by atoms with E-state index in [2.05, 4.69) is 25.7 Å². The van der Waals surface area contributed by atoms with Crippen LogP contribution < -0.4 is 4.74 Å². The molecule has 4 heteroatoms. The number of phenols is 1. The Kier molecular flexibility index (Phi) is 4.50. The summed E-state index contributed by atoms with van der Waals surface area (Å²) >= 11 is 6.08. The zero-order valence-electron chi connectivity index (χ0n) is 12.7. The third-order valence-electron chi connectivity index (χ3n) is 4.23. The van der Waals surface area contributed by atoms with Gasteiger partial charge in [-0.25, -0.2) is 0 Å². The van der Waals surface area contributed by atoms with E-state index < -0.39 is 0 Å². The van der Waals surface area contributed by atoms with Crippen LogP contribution in [0.25, 0.3) is 0 Å². The van der Waals surface area contributed by atoms with Gasteiger partial charge in [0.15, 0.2) is 11.5 Å². The maximum absolute atomic E-state index is 10.2. The van der Waals surface area contributed by atoms with Gasteiger partial charge in [-0.05, 0) is 30.4 Å². The highest BCUT2D eigenvalue weighted by atomic mass is 35.5. The molecule has 0 aromatic heterocycles. The number of hydrogen-bond donors (Lipinski definition) is 1. The second-order valence-electron chi connectivity index (χ2n) is 6.70. The maximum atomic E-state index is 10.2. The van der Waals surface area contributed by atoms with Crippen LogP contribution in [0.2, 0.25) is 5.02 Å². The lowest BCUT2D eigenvalue weighted by molar-refractivity contribution is 0.225. The van der Waals surface area contributed by atoms with E-state index in [4.69, 9.17) is 16.3 Å². The molecule has 1 saturated heterocycles. The van der Waals surface area contributed by atoms with Gasteiger partial charge in [0, 0.05) is 29.7 Å². The highest BCUT2D eigenvalue weighted by Gasteiger charge is 2.32. The van der Waals surface area contributed by atoms with Crippen molar-refractivity contribution in [1.82, 2.24) is 4.90 Å². The third-order valence-corrected chi connectivity index (χ3v) is 4.45. The lowest BCUT2D eigenvalue weighted by Crippen LogP contribution is -2.25. The average Bonchev–Trinajstić information content (AvgIpc) is 2.81. The molecule has 1 aromatic carbocycles. The number of benzene rings is 1. The van der Waals surface area contributed by atoms with Gasteiger partial charge < -0.3 is 9.84 Å². The van der Waals surface area contributed by atoms with E-state index in [0.717, 1.165) is 25.2 Å². The van der Waals surface area contributed by atoms with Crippen molar-refractivity contribution < 1.29 is 9.84 Å². The normalized spacial score (nSPS) is 20.4. The van der Waals surface area contributed by atoms with Crippen molar-refractivity contribution in [3.05, 3.63) is 22.7 Å². The van der Waals surface area contributed by atoms with E-state index in [-0.39, 0.29) is 5.75 Å². The molecule has 0 bridgehead atoms. The molecule has 1 aliphatic heterocycles. The Morgan fingerprint density at radius 3 is 2.65 bits per heavy atom. The Morgan fingerprint density at radius 1 is 1.40 bits per heavy atom. The quantitative estimate of drug-likeness (QED) is 0.918. The molecule has 3 nitrogen and oxygen atoms in total. The molecule has 112 valence electrons. The lowest BCUT2D eigenvalue weighted by Gasteiger charge is -2.27. The molecule has 1 N–H and O–H groups in total. The summed E-state index contributed by atoms with van der Waals surface area (Å²) in [5.74, 6) is 1.35. The maximum Gasteiger partial charge on any atom is 0.162 e. The van der Waals surface area contributed by atoms with Crippen LogP contribution in [0.5, 0.6) is 11.5 Å². The standard InChI is InChI=1S/C16H24ClNO2/c1-16(2,3)12-5-6-18(10-12)9-11-7-13(17)8-14(20-4)15(11)19/h7-8,12,19H,5-6,9-10H2,1-4H3. The molecule has 1 atom stereocenters. The Morgan fingerprint density at radius 2 is 2.10 bits per heavy atom. The fourth-order valence-corrected chi connectivity index (χ4v) is 3.06. The summed E-state index contributed by atoms with van der Waals surface area (Å²) in [6.45, 7) is 9.73. The summed E-state index contributed by atoms with van der Waals surface area (Å²) < 4.78 is 5.15. The number of halogens is 1. The van der Waals surface area contributed by atoms with Gasteiger partial charge >= 0.3 is 0 Å². The van der Waals surface area contributed by atoms with Crippen LogP contribution >= 0.6 is 11.6 Å². The van der Waals surface area contributed by atoms with Crippen molar-refractivity contribution in [3.8, 4) is 11.5 Å². The Hall–Kier alpha value is -0.930. The fraction of sp³-hybridized carbons (Fsp3) is 0.625. The molecule has 1 fully saturated rings. The van der Waals surface area contributed by atoms with Gasteiger partial charge in [0.25, 0.3) is 0 Å². The van der Waals surface area contributed by atoms with Crippen LogP contribution in [-0.4, -0.2) is 30.2 Å². The van der Waals surface area contributed by atoms with Gasteiger partial charge in [-0.2, -0.15) is 0 Å². The van der Waals surface area contributed by atoms with Crippen LogP contribution in [0.4, 0.5) is 0 Å². The van der Waals surface area contributed by atoms with Gasteiger partial charge in [0.2, 0.25) is 0 Å². The Labute approximate surface area is 126 Å². The Balaban J connectivity index is 2.10. The summed E-state index contributed by atoms with van der Waals surface area (Å²) in [4.78, 5) is 2.38. The molecule has 0 amide bonds. The highest BCUT2D eigenvalue weighted by Crippen LogP contribution is 2.37. The van der Waals surface area contributed by atoms with Gasteiger partial charge in [-0.3, -0.25) is 4.90 Å². The minimum absolute atomic E-state index is 0.205. The van der Waals surface area contributed by atoms with Crippen LogP contribution in [0.3, 0.4) is 0 Å². The number of hydrogen-bond acceptors (Lipinski definition) is 3. The topological polar surface area (TPSA) is 32.7 Å². The zero-order chi connectivity index (χ0) is 14.9. The molecular formula is C16H24ClNO2. The predicted octanol–water partition coefficient (Wildman–Crippen LogP) is 3.92. The molecule has 0 spiro atoms. The molecule has 1 aliphatic rings. The fourth-order valence-electron chi connectivity index (χ4n) is 2.83. The van der Waals surface area contributed by atoms with Crippen molar-refractivity contribution in [2.45, 2.75) is 33.7 Å². The first-order valence-electron chi connectivity index (χ1n) is 7.09. The van der Waals surface area contributed by atoms with Gasteiger partial charge in [-0.15, -0.1) is 0 Å². The predicted molar refractivity (Wildman–Crippen MR) is 82.5 cm³/mol. The third kappa shape index (κ3) is 3.39. The lowest BCUT2D eigenvalue weighted by atomic mass is 9.80. The van der Waals surface area contributed by atoms with E-state index in [1.807, 2.05) is 6.07 Å². The number of ether oxygens (including phenoxy) is 1. The summed E-state index contributed by atoms with van der Waals surface area (Å²) in [6, 6.07) is 3.46. The monoisotopic (exact) mass is 297 g/mol. The first kappa shape index (κ1) is 15.5. The highest BCUT2D eigenvalue weighted by molar-refractivity contribution is 6.30. The van der Waals surface area contributed by atoms with E-state index in [0.29, 0.717) is 22.1 Å². The van der Waals surface area contributed by atoms with Gasteiger partial charge in [-0.1, -0.05) is 32.4 Å². The minimum Gasteiger partial charge on any atom is -0.504 e. The Bertz CT molecular complexity index is 482. The molecule has 1 heterocycles. The number of aromatic hydroxyl groups is 1. The molecule has 2 rings (SSSR count). The van der Waals surface area contributed by atoms with Gasteiger partial charge in [0.1, 0.15) is 0 Å². The second-order valence-corrected chi connectivity index (χ2v) is 7.14. The van der Waals surface area contributed by atoms with E-state index in [9.17, 15) is 5.11 Å². The second kappa shape index (κ2) is 5.82. The van der Waals surface area contributed by atoms with E-state index in [1.165, 1.54) is 6.42 Å². The summed E-state index contributed by atoms with van der Waals surface area (Å²) in [5.41, 5.74) is 1.17. The molecule has 0 aliphatic carbocycles. The van der Waals surface area contributed by atoms with E-state index in [1.54, 1.807) is 13.2 Å². The molecular weight excluding hydrogens is 274 g/mol. The van der Waals surface area contributed by atoms with Crippen molar-refractivity contribution >= 4 is 11.6 Å². The van der Waals surface area contributed by atoms with Crippen LogP contribution in [-0.2, 0) is 6.54 Å². The van der Waals surface area contributed by atoms with Crippen molar-refractivity contribution in [2.75, 3.05) is 20.2 Å². The summed E-state index contributed by atoms with van der Waals surface area (Å²) in [5, 5.41) is 10.8. The number of likely N-dealkylation sites (tertiary alicyclic amines) is 1. The van der Waals surface area contributed by atoms with Crippen LogP contribution in [0.1, 0.15) is 32.8 Å². The minimum atomic E-state index is 0.205. The first-order chi connectivity index (χ1) is 9.31. The number of nitrogens with zero attached hydrogens (tertiary/aromatic N) is 1.